The fourth-order valence-corrected chi connectivity index (χ4v) is 2.69. The Kier molecular flexibility index (Phi) is 7.72. The Bertz CT molecular complexity index is 828. The molecule has 0 radical (unpaired) electrons. The summed E-state index contributed by atoms with van der Waals surface area (Å²) in [6.07, 6.45) is -4.56. The van der Waals surface area contributed by atoms with E-state index >= 15 is 0 Å². The number of aliphatic hydroxyl groups is 1. The Morgan fingerprint density at radius 3 is 2.52 bits per heavy atom. The fraction of sp³-hybridized carbons (Fsp3) is 0.350. The van der Waals surface area contributed by atoms with Crippen LogP contribution >= 0.6 is 0 Å². The number of hydrogen-bond acceptors (Lipinski definition) is 4. The van der Waals surface area contributed by atoms with Crippen molar-refractivity contribution in [1.82, 2.24) is 4.90 Å². The van der Waals surface area contributed by atoms with Gasteiger partial charge < -0.3 is 24.8 Å². The van der Waals surface area contributed by atoms with E-state index in [-0.39, 0.29) is 37.7 Å². The molecule has 29 heavy (non-hydrogen) atoms. The van der Waals surface area contributed by atoms with Gasteiger partial charge in [-0.15, -0.1) is 0 Å². The molecule has 6 nitrogen and oxygen atoms in total. The Hall–Kier alpha value is -2.94. The Morgan fingerprint density at radius 2 is 1.90 bits per heavy atom. The third-order valence-corrected chi connectivity index (χ3v) is 4.06. The summed E-state index contributed by atoms with van der Waals surface area (Å²) in [6, 6.07) is 9.23. The van der Waals surface area contributed by atoms with E-state index in [4.69, 9.17) is 9.47 Å². The summed E-state index contributed by atoms with van der Waals surface area (Å²) in [5.41, 5.74) is -0.322. The molecule has 0 spiro atoms. The van der Waals surface area contributed by atoms with Crippen LogP contribution in [0, 0.1) is 0 Å². The number of anilines is 1. The SMILES string of the molecule is CCOc1ccc(C(F)(F)F)cc1NC(=O)N(CCO)Cc1ccccc1OC. The van der Waals surface area contributed by atoms with Crippen molar-refractivity contribution in [1.29, 1.82) is 0 Å². The molecule has 2 rings (SSSR count). The lowest BCUT2D eigenvalue weighted by Crippen LogP contribution is -2.36. The molecule has 0 unspecified atom stereocenters. The molecule has 158 valence electrons. The van der Waals surface area contributed by atoms with Crippen LogP contribution in [0.15, 0.2) is 42.5 Å². The van der Waals surface area contributed by atoms with Gasteiger partial charge in [0.15, 0.2) is 0 Å². The number of benzene rings is 2. The van der Waals surface area contributed by atoms with Gasteiger partial charge in [-0.25, -0.2) is 4.79 Å². The summed E-state index contributed by atoms with van der Waals surface area (Å²) in [5, 5.41) is 11.8. The number of halogens is 3. The number of amides is 2. The summed E-state index contributed by atoms with van der Waals surface area (Å²) in [7, 11) is 1.49. The van der Waals surface area contributed by atoms with Gasteiger partial charge in [0.05, 0.1) is 38.1 Å². The minimum atomic E-state index is -4.56. The number of urea groups is 1. The normalized spacial score (nSPS) is 11.1. The number of para-hydroxylation sites is 1. The van der Waals surface area contributed by atoms with Gasteiger partial charge in [-0.05, 0) is 31.2 Å². The average Bonchev–Trinajstić information content (AvgIpc) is 2.68. The molecule has 0 heterocycles. The molecule has 0 aromatic heterocycles. The van der Waals surface area contributed by atoms with E-state index in [1.165, 1.54) is 18.1 Å². The molecular weight excluding hydrogens is 389 g/mol. The van der Waals surface area contributed by atoms with Crippen molar-refractivity contribution in [2.24, 2.45) is 0 Å². The van der Waals surface area contributed by atoms with E-state index in [2.05, 4.69) is 5.32 Å². The molecule has 0 aliphatic heterocycles. The van der Waals surface area contributed by atoms with E-state index in [1.54, 1.807) is 31.2 Å². The van der Waals surface area contributed by atoms with Crippen LogP contribution < -0.4 is 14.8 Å². The predicted octanol–water partition coefficient (Wildman–Crippen LogP) is 4.14. The third-order valence-electron chi connectivity index (χ3n) is 4.06. The largest absolute Gasteiger partial charge is 0.496 e. The van der Waals surface area contributed by atoms with E-state index in [9.17, 15) is 23.1 Å². The van der Waals surface area contributed by atoms with Gasteiger partial charge in [0.1, 0.15) is 11.5 Å². The van der Waals surface area contributed by atoms with Crippen LogP contribution in [0.25, 0.3) is 0 Å². The number of hydrogen-bond donors (Lipinski definition) is 2. The number of ether oxygens (including phenoxy) is 2. The van der Waals surface area contributed by atoms with Gasteiger partial charge in [0.25, 0.3) is 0 Å². The molecule has 2 N–H and O–H groups in total. The zero-order valence-corrected chi connectivity index (χ0v) is 16.1. The second-order valence-corrected chi connectivity index (χ2v) is 6.03. The number of carbonyl (C=O) groups is 1. The van der Waals surface area contributed by atoms with Crippen LogP contribution in [-0.2, 0) is 12.7 Å². The Morgan fingerprint density at radius 1 is 1.17 bits per heavy atom. The number of rotatable bonds is 8. The van der Waals surface area contributed by atoms with E-state index < -0.39 is 17.8 Å². The number of nitrogens with zero attached hydrogens (tertiary/aromatic N) is 1. The monoisotopic (exact) mass is 412 g/mol. The molecule has 2 aromatic carbocycles. The predicted molar refractivity (Wildman–Crippen MR) is 102 cm³/mol. The molecule has 0 aliphatic carbocycles. The smallest absolute Gasteiger partial charge is 0.416 e. The summed E-state index contributed by atoms with van der Waals surface area (Å²) in [5.74, 6) is 0.674. The lowest BCUT2D eigenvalue weighted by Gasteiger charge is -2.24. The van der Waals surface area contributed by atoms with Crippen LogP contribution in [0.1, 0.15) is 18.1 Å². The highest BCUT2D eigenvalue weighted by atomic mass is 19.4. The highest BCUT2D eigenvalue weighted by Crippen LogP contribution is 2.35. The zero-order valence-electron chi connectivity index (χ0n) is 16.1. The first-order valence-electron chi connectivity index (χ1n) is 8.92. The summed E-state index contributed by atoms with van der Waals surface area (Å²) in [6.45, 7) is 1.66. The van der Waals surface area contributed by atoms with Gasteiger partial charge in [0.2, 0.25) is 0 Å². The van der Waals surface area contributed by atoms with Crippen molar-refractivity contribution >= 4 is 11.7 Å². The summed E-state index contributed by atoms with van der Waals surface area (Å²) >= 11 is 0. The standard InChI is InChI=1S/C20H23F3N2O4/c1-3-29-18-9-8-15(20(21,22)23)12-16(18)24-19(27)25(10-11-26)13-14-6-4-5-7-17(14)28-2/h4-9,12,26H,3,10-11,13H2,1-2H3,(H,24,27). The maximum absolute atomic E-state index is 13.1. The number of methoxy groups -OCH3 is 1. The molecule has 2 aromatic rings. The van der Waals surface area contributed by atoms with Crippen molar-refractivity contribution < 1.29 is 32.5 Å². The van der Waals surface area contributed by atoms with Crippen molar-refractivity contribution in [3.8, 4) is 11.5 Å². The topological polar surface area (TPSA) is 71.0 Å². The molecular formula is C20H23F3N2O4. The lowest BCUT2D eigenvalue weighted by atomic mass is 10.1. The van der Waals surface area contributed by atoms with E-state index in [0.717, 1.165) is 12.1 Å². The van der Waals surface area contributed by atoms with Gasteiger partial charge >= 0.3 is 12.2 Å². The Balaban J connectivity index is 2.28. The second-order valence-electron chi connectivity index (χ2n) is 6.03. The van der Waals surface area contributed by atoms with Crippen molar-refractivity contribution in [3.63, 3.8) is 0 Å². The second kappa shape index (κ2) is 10.0. The maximum atomic E-state index is 13.1. The van der Waals surface area contributed by atoms with Crippen LogP contribution in [0.3, 0.4) is 0 Å². The average molecular weight is 412 g/mol. The number of aliphatic hydroxyl groups excluding tert-OH is 1. The molecule has 0 saturated heterocycles. The number of alkyl halides is 3. The van der Waals surface area contributed by atoms with Crippen LogP contribution in [0.5, 0.6) is 11.5 Å². The van der Waals surface area contributed by atoms with Gasteiger partial charge in [-0.3, -0.25) is 0 Å². The van der Waals surface area contributed by atoms with Gasteiger partial charge in [-0.2, -0.15) is 13.2 Å². The van der Waals surface area contributed by atoms with Crippen molar-refractivity contribution in [3.05, 3.63) is 53.6 Å². The van der Waals surface area contributed by atoms with Crippen molar-refractivity contribution in [2.75, 3.05) is 32.2 Å². The molecule has 0 fully saturated rings. The molecule has 9 heteroatoms. The lowest BCUT2D eigenvalue weighted by molar-refractivity contribution is -0.137. The first kappa shape index (κ1) is 22.4. The first-order chi connectivity index (χ1) is 13.8. The third kappa shape index (κ3) is 6.02. The van der Waals surface area contributed by atoms with E-state index in [1.807, 2.05) is 0 Å². The number of carbonyl (C=O) groups excluding carboxylic acids is 1. The van der Waals surface area contributed by atoms with Crippen LogP contribution in [-0.4, -0.2) is 42.9 Å². The van der Waals surface area contributed by atoms with Crippen LogP contribution in [0.2, 0.25) is 0 Å². The molecule has 0 atom stereocenters. The maximum Gasteiger partial charge on any atom is 0.416 e. The summed E-state index contributed by atoms with van der Waals surface area (Å²) < 4.78 is 49.8. The zero-order chi connectivity index (χ0) is 21.4. The quantitative estimate of drug-likeness (QED) is 0.684. The van der Waals surface area contributed by atoms with Crippen molar-refractivity contribution in [2.45, 2.75) is 19.6 Å². The van der Waals surface area contributed by atoms with Crippen LogP contribution in [0.4, 0.5) is 23.7 Å². The number of nitrogens with one attached hydrogen (secondary N) is 1. The van der Waals surface area contributed by atoms with Gasteiger partial charge in [-0.1, -0.05) is 18.2 Å². The minimum Gasteiger partial charge on any atom is -0.496 e. The van der Waals surface area contributed by atoms with E-state index in [0.29, 0.717) is 11.3 Å². The highest BCUT2D eigenvalue weighted by molar-refractivity contribution is 5.91. The summed E-state index contributed by atoms with van der Waals surface area (Å²) in [4.78, 5) is 14.0. The molecule has 0 saturated carbocycles. The Labute approximate surface area is 166 Å². The molecule has 0 aliphatic rings. The van der Waals surface area contributed by atoms with Gasteiger partial charge in [0, 0.05) is 12.1 Å². The molecule has 0 bridgehead atoms. The fourth-order valence-electron chi connectivity index (χ4n) is 2.69. The minimum absolute atomic E-state index is 0.0210. The molecule has 2 amide bonds. The first-order valence-corrected chi connectivity index (χ1v) is 8.92. The highest BCUT2D eigenvalue weighted by Gasteiger charge is 2.31.